The highest BCUT2D eigenvalue weighted by molar-refractivity contribution is 5.71. The van der Waals surface area contributed by atoms with Gasteiger partial charge in [0.15, 0.2) is 17.3 Å². The summed E-state index contributed by atoms with van der Waals surface area (Å²) in [6, 6.07) is 2.98. The fraction of sp³-hybridized carbons (Fsp3) is 0.500. The topological polar surface area (TPSA) is 55.8 Å². The Balaban J connectivity index is 2.05. The standard InChI is InChI=1S/C14H15FO4/c15-10-3-2-9(14(4-5-14)8-11(16)17)12-13(10)19-7-1-6-18-12/h2-3H,1,4-8H2,(H,16,17). The molecule has 0 amide bonds. The molecule has 0 saturated heterocycles. The average Bonchev–Trinajstić information content (AvgIpc) is 3.13. The van der Waals surface area contributed by atoms with Gasteiger partial charge in [-0.25, -0.2) is 4.39 Å². The molecule has 4 nitrogen and oxygen atoms in total. The highest BCUT2D eigenvalue weighted by Gasteiger charge is 2.48. The van der Waals surface area contributed by atoms with E-state index in [0.29, 0.717) is 25.4 Å². The van der Waals surface area contributed by atoms with Gasteiger partial charge < -0.3 is 14.6 Å². The van der Waals surface area contributed by atoms with Gasteiger partial charge in [-0.15, -0.1) is 0 Å². The minimum Gasteiger partial charge on any atom is -0.489 e. The fourth-order valence-electron chi connectivity index (χ4n) is 2.62. The van der Waals surface area contributed by atoms with E-state index in [1.807, 2.05) is 0 Å². The number of ether oxygens (including phenoxy) is 2. The number of halogens is 1. The number of rotatable bonds is 3. The molecule has 0 bridgehead atoms. The van der Waals surface area contributed by atoms with Crippen molar-refractivity contribution in [3.63, 3.8) is 0 Å². The van der Waals surface area contributed by atoms with Gasteiger partial charge in [0.2, 0.25) is 0 Å². The second-order valence-corrected chi connectivity index (χ2v) is 5.15. The Hall–Kier alpha value is -1.78. The van der Waals surface area contributed by atoms with Crippen LogP contribution in [0.25, 0.3) is 0 Å². The molecule has 1 fully saturated rings. The molecule has 19 heavy (non-hydrogen) atoms. The van der Waals surface area contributed by atoms with Crippen LogP contribution < -0.4 is 9.47 Å². The number of fused-ring (bicyclic) bond motifs is 1. The molecule has 0 atom stereocenters. The van der Waals surface area contributed by atoms with Crippen LogP contribution in [0.2, 0.25) is 0 Å². The van der Waals surface area contributed by atoms with Gasteiger partial charge in [0, 0.05) is 17.4 Å². The summed E-state index contributed by atoms with van der Waals surface area (Å²) in [5.74, 6) is -0.764. The molecular formula is C14H15FO4. The normalized spacial score (nSPS) is 19.6. The van der Waals surface area contributed by atoms with Crippen LogP contribution in [0, 0.1) is 5.82 Å². The second-order valence-electron chi connectivity index (χ2n) is 5.15. The van der Waals surface area contributed by atoms with Crippen molar-refractivity contribution in [1.29, 1.82) is 0 Å². The van der Waals surface area contributed by atoms with E-state index in [9.17, 15) is 9.18 Å². The van der Waals surface area contributed by atoms with Crippen molar-refractivity contribution in [3.8, 4) is 11.5 Å². The Morgan fingerprint density at radius 2 is 1.95 bits per heavy atom. The van der Waals surface area contributed by atoms with Gasteiger partial charge in [-0.3, -0.25) is 4.79 Å². The first-order valence-corrected chi connectivity index (χ1v) is 6.43. The Bertz CT molecular complexity index is 522. The molecule has 3 rings (SSSR count). The van der Waals surface area contributed by atoms with Crippen molar-refractivity contribution in [1.82, 2.24) is 0 Å². The van der Waals surface area contributed by atoms with Gasteiger partial charge >= 0.3 is 5.97 Å². The van der Waals surface area contributed by atoms with E-state index in [0.717, 1.165) is 18.4 Å². The molecule has 1 heterocycles. The van der Waals surface area contributed by atoms with Crippen molar-refractivity contribution in [2.45, 2.75) is 31.1 Å². The second kappa shape index (κ2) is 4.40. The van der Waals surface area contributed by atoms with Crippen molar-refractivity contribution >= 4 is 5.97 Å². The molecule has 1 aromatic rings. The first-order chi connectivity index (χ1) is 9.12. The van der Waals surface area contributed by atoms with E-state index in [4.69, 9.17) is 14.6 Å². The molecule has 1 aromatic carbocycles. The Kier molecular flexibility index (Phi) is 2.84. The lowest BCUT2D eigenvalue weighted by Gasteiger charge is -2.19. The van der Waals surface area contributed by atoms with E-state index in [1.165, 1.54) is 6.07 Å². The van der Waals surface area contributed by atoms with Crippen molar-refractivity contribution in [2.75, 3.05) is 13.2 Å². The van der Waals surface area contributed by atoms with Crippen LogP contribution in [-0.2, 0) is 10.2 Å². The van der Waals surface area contributed by atoms with Gasteiger partial charge in [0.05, 0.1) is 19.6 Å². The number of hydrogen-bond acceptors (Lipinski definition) is 3. The minimum absolute atomic E-state index is 0.0500. The van der Waals surface area contributed by atoms with Crippen LogP contribution in [0.5, 0.6) is 11.5 Å². The summed E-state index contributed by atoms with van der Waals surface area (Å²) < 4.78 is 24.8. The van der Waals surface area contributed by atoms with Crippen LogP contribution in [-0.4, -0.2) is 24.3 Å². The van der Waals surface area contributed by atoms with Gasteiger partial charge in [0.1, 0.15) is 0 Å². The largest absolute Gasteiger partial charge is 0.489 e. The Morgan fingerprint density at radius 3 is 2.58 bits per heavy atom. The number of carbonyl (C=O) groups is 1. The molecule has 5 heteroatoms. The van der Waals surface area contributed by atoms with Crippen LogP contribution in [0.3, 0.4) is 0 Å². The van der Waals surface area contributed by atoms with Gasteiger partial charge in [-0.2, -0.15) is 0 Å². The highest BCUT2D eigenvalue weighted by Crippen LogP contribution is 2.56. The average molecular weight is 266 g/mol. The molecule has 1 aliphatic carbocycles. The summed E-state index contributed by atoms with van der Waals surface area (Å²) in [6.07, 6.45) is 2.33. The zero-order valence-corrected chi connectivity index (χ0v) is 10.4. The fourth-order valence-corrected chi connectivity index (χ4v) is 2.62. The van der Waals surface area contributed by atoms with Gasteiger partial charge in [-0.1, -0.05) is 6.07 Å². The lowest BCUT2D eigenvalue weighted by atomic mass is 9.91. The van der Waals surface area contributed by atoms with Gasteiger partial charge in [-0.05, 0) is 18.9 Å². The number of aliphatic carboxylic acids is 1. The third-order valence-corrected chi connectivity index (χ3v) is 3.76. The number of carboxylic acids is 1. The maximum atomic E-state index is 13.8. The Labute approximate surface area is 110 Å². The molecule has 102 valence electrons. The van der Waals surface area contributed by atoms with Crippen molar-refractivity contribution < 1.29 is 23.8 Å². The zero-order valence-electron chi connectivity index (χ0n) is 10.4. The number of hydrogen-bond donors (Lipinski definition) is 1. The number of benzene rings is 1. The SMILES string of the molecule is O=C(O)CC1(c2ccc(F)c3c2OCCCO3)CC1. The maximum absolute atomic E-state index is 13.8. The molecule has 0 radical (unpaired) electrons. The first-order valence-electron chi connectivity index (χ1n) is 6.43. The van der Waals surface area contributed by atoms with E-state index in [1.54, 1.807) is 6.07 Å². The maximum Gasteiger partial charge on any atom is 0.304 e. The highest BCUT2D eigenvalue weighted by atomic mass is 19.1. The predicted molar refractivity (Wildman–Crippen MR) is 65.2 cm³/mol. The summed E-state index contributed by atoms with van der Waals surface area (Å²) in [4.78, 5) is 11.0. The van der Waals surface area contributed by atoms with E-state index in [-0.39, 0.29) is 12.2 Å². The summed E-state index contributed by atoms with van der Waals surface area (Å²) in [7, 11) is 0. The summed E-state index contributed by atoms with van der Waals surface area (Å²) in [6.45, 7) is 0.881. The summed E-state index contributed by atoms with van der Waals surface area (Å²) >= 11 is 0. The van der Waals surface area contributed by atoms with Crippen LogP contribution in [0.4, 0.5) is 4.39 Å². The molecule has 1 aliphatic heterocycles. The lowest BCUT2D eigenvalue weighted by Crippen LogP contribution is -2.15. The summed E-state index contributed by atoms with van der Waals surface area (Å²) in [5.41, 5.74) is 0.366. The molecule has 0 aromatic heterocycles. The molecule has 1 saturated carbocycles. The molecule has 1 N–H and O–H groups in total. The van der Waals surface area contributed by atoms with E-state index >= 15 is 0 Å². The van der Waals surface area contributed by atoms with Crippen molar-refractivity contribution in [3.05, 3.63) is 23.5 Å². The lowest BCUT2D eigenvalue weighted by molar-refractivity contribution is -0.137. The molecule has 2 aliphatic rings. The van der Waals surface area contributed by atoms with Crippen LogP contribution >= 0.6 is 0 Å². The van der Waals surface area contributed by atoms with Crippen LogP contribution in [0.15, 0.2) is 12.1 Å². The zero-order chi connectivity index (χ0) is 13.5. The molecule has 0 unspecified atom stereocenters. The minimum atomic E-state index is -0.842. The summed E-state index contributed by atoms with van der Waals surface area (Å²) in [5, 5.41) is 9.02. The quantitative estimate of drug-likeness (QED) is 0.913. The van der Waals surface area contributed by atoms with Gasteiger partial charge in [0.25, 0.3) is 0 Å². The number of carboxylic acid groups (broad SMARTS) is 1. The van der Waals surface area contributed by atoms with E-state index in [2.05, 4.69) is 0 Å². The first kappa shape index (κ1) is 12.3. The predicted octanol–water partition coefficient (Wildman–Crippen LogP) is 2.49. The van der Waals surface area contributed by atoms with Crippen LogP contribution in [0.1, 0.15) is 31.2 Å². The molecule has 0 spiro atoms. The Morgan fingerprint density at radius 1 is 1.26 bits per heavy atom. The van der Waals surface area contributed by atoms with E-state index < -0.39 is 17.2 Å². The molecular weight excluding hydrogens is 251 g/mol. The third kappa shape index (κ3) is 2.13. The monoisotopic (exact) mass is 266 g/mol. The third-order valence-electron chi connectivity index (χ3n) is 3.76. The van der Waals surface area contributed by atoms with Crippen molar-refractivity contribution in [2.24, 2.45) is 0 Å². The smallest absolute Gasteiger partial charge is 0.304 e.